The third kappa shape index (κ3) is 3.82. The van der Waals surface area contributed by atoms with Gasteiger partial charge in [0.25, 0.3) is 0 Å². The molecular formula is C15H20N4O3. The predicted octanol–water partition coefficient (Wildman–Crippen LogP) is 0.658. The molecule has 7 heteroatoms. The molecule has 2 aromatic rings. The van der Waals surface area contributed by atoms with Gasteiger partial charge in [-0.3, -0.25) is 4.79 Å². The molecule has 1 heterocycles. The highest BCUT2D eigenvalue weighted by molar-refractivity contribution is 5.75. The highest BCUT2D eigenvalue weighted by atomic mass is 16.5. The van der Waals surface area contributed by atoms with E-state index in [2.05, 4.69) is 22.6 Å². The van der Waals surface area contributed by atoms with Crippen LogP contribution in [0.25, 0.3) is 0 Å². The lowest BCUT2D eigenvalue weighted by atomic mass is 10.2. The van der Waals surface area contributed by atoms with Crippen LogP contribution < -0.4 is 10.1 Å². The fraction of sp³-hybridized carbons (Fsp3) is 0.400. The molecule has 0 fully saturated rings. The van der Waals surface area contributed by atoms with E-state index < -0.39 is 0 Å². The van der Waals surface area contributed by atoms with Gasteiger partial charge in [-0.25, -0.2) is 4.68 Å². The van der Waals surface area contributed by atoms with Crippen molar-refractivity contribution < 1.29 is 14.6 Å². The van der Waals surface area contributed by atoms with Crippen molar-refractivity contribution in [3.05, 3.63) is 41.2 Å². The lowest BCUT2D eigenvalue weighted by Crippen LogP contribution is -2.25. The Labute approximate surface area is 128 Å². The number of aliphatic hydroxyl groups is 1. The molecule has 0 aliphatic rings. The molecule has 1 amide bonds. The summed E-state index contributed by atoms with van der Waals surface area (Å²) in [6.45, 7) is 2.07. The third-order valence-corrected chi connectivity index (χ3v) is 3.35. The number of amides is 1. The van der Waals surface area contributed by atoms with Crippen molar-refractivity contribution in [3.8, 4) is 5.75 Å². The van der Waals surface area contributed by atoms with Crippen LogP contribution in [0.2, 0.25) is 0 Å². The number of aryl methyl sites for hydroxylation is 1. The van der Waals surface area contributed by atoms with Crippen LogP contribution >= 0.6 is 0 Å². The Kier molecular flexibility index (Phi) is 5.48. The summed E-state index contributed by atoms with van der Waals surface area (Å²) in [6.07, 6.45) is 0.970. The molecule has 0 spiro atoms. The number of nitrogens with zero attached hydrogens (tertiary/aromatic N) is 3. The average Bonchev–Trinajstić information content (AvgIpc) is 2.94. The number of carbonyl (C=O) groups is 1. The van der Waals surface area contributed by atoms with Gasteiger partial charge in [-0.15, -0.1) is 5.10 Å². The van der Waals surface area contributed by atoms with Crippen molar-refractivity contribution in [2.75, 3.05) is 7.05 Å². The predicted molar refractivity (Wildman–Crippen MR) is 80.2 cm³/mol. The number of nitrogens with one attached hydrogen (secondary N) is 1. The topological polar surface area (TPSA) is 89.3 Å². The van der Waals surface area contributed by atoms with Crippen molar-refractivity contribution in [3.63, 3.8) is 0 Å². The Morgan fingerprint density at radius 2 is 2.09 bits per heavy atom. The molecule has 118 valence electrons. The smallest absolute Gasteiger partial charge is 0.241 e. The minimum absolute atomic E-state index is 0.0387. The minimum atomic E-state index is -0.249. The normalized spacial score (nSPS) is 10.5. The fourth-order valence-corrected chi connectivity index (χ4v) is 1.96. The Hall–Kier alpha value is -2.41. The summed E-state index contributed by atoms with van der Waals surface area (Å²) in [5.41, 5.74) is 2.23. The quantitative estimate of drug-likeness (QED) is 0.784. The Morgan fingerprint density at radius 3 is 2.68 bits per heavy atom. The van der Waals surface area contributed by atoms with Crippen LogP contribution in [0.4, 0.5) is 0 Å². The first kappa shape index (κ1) is 16.0. The van der Waals surface area contributed by atoms with E-state index in [1.807, 2.05) is 24.3 Å². The molecule has 0 saturated carbocycles. The highest BCUT2D eigenvalue weighted by Gasteiger charge is 2.15. The van der Waals surface area contributed by atoms with Gasteiger partial charge in [-0.2, -0.15) is 0 Å². The molecule has 0 atom stereocenters. The number of hydrogen-bond donors (Lipinski definition) is 2. The van der Waals surface area contributed by atoms with Gasteiger partial charge >= 0.3 is 0 Å². The van der Waals surface area contributed by atoms with Crippen molar-refractivity contribution in [1.82, 2.24) is 20.3 Å². The minimum Gasteiger partial charge on any atom is -0.487 e. The van der Waals surface area contributed by atoms with Gasteiger partial charge in [-0.1, -0.05) is 24.3 Å². The van der Waals surface area contributed by atoms with Crippen LogP contribution in [0.15, 0.2) is 24.3 Å². The molecule has 0 aliphatic carbocycles. The molecule has 0 saturated heterocycles. The second-order valence-corrected chi connectivity index (χ2v) is 4.76. The molecule has 0 unspecified atom stereocenters. The average molecular weight is 304 g/mol. The lowest BCUT2D eigenvalue weighted by Gasteiger charge is -2.09. The van der Waals surface area contributed by atoms with Gasteiger partial charge in [-0.05, 0) is 24.1 Å². The zero-order valence-corrected chi connectivity index (χ0v) is 12.7. The maximum absolute atomic E-state index is 11.5. The molecule has 0 radical (unpaired) electrons. The second-order valence-electron chi connectivity index (χ2n) is 4.76. The number of aliphatic hydroxyl groups excluding tert-OH is 1. The number of carbonyl (C=O) groups excluding carboxylic acids is 1. The summed E-state index contributed by atoms with van der Waals surface area (Å²) in [7, 11) is 1.55. The first-order valence-corrected chi connectivity index (χ1v) is 7.12. The molecule has 1 aromatic carbocycles. The fourth-order valence-electron chi connectivity index (χ4n) is 1.96. The summed E-state index contributed by atoms with van der Waals surface area (Å²) in [4.78, 5) is 11.5. The maximum Gasteiger partial charge on any atom is 0.241 e. The number of likely N-dealkylation sites (N-methyl/N-ethyl adjacent to an activating group) is 1. The number of hydrogen-bond acceptors (Lipinski definition) is 5. The summed E-state index contributed by atoms with van der Waals surface area (Å²) >= 11 is 0. The van der Waals surface area contributed by atoms with E-state index in [0.717, 1.165) is 6.42 Å². The Balaban J connectivity index is 2.09. The first-order chi connectivity index (χ1) is 10.7. The molecule has 7 nitrogen and oxygen atoms in total. The van der Waals surface area contributed by atoms with Crippen LogP contribution in [0.5, 0.6) is 5.75 Å². The van der Waals surface area contributed by atoms with Crippen molar-refractivity contribution >= 4 is 5.91 Å². The maximum atomic E-state index is 11.5. The van der Waals surface area contributed by atoms with Gasteiger partial charge in [0.2, 0.25) is 5.91 Å². The second kappa shape index (κ2) is 7.56. The van der Waals surface area contributed by atoms with E-state index in [4.69, 9.17) is 4.74 Å². The largest absolute Gasteiger partial charge is 0.487 e. The molecule has 0 aliphatic heterocycles. The number of rotatable bonds is 7. The number of aromatic nitrogens is 3. The van der Waals surface area contributed by atoms with Crippen LogP contribution in [0.3, 0.4) is 0 Å². The van der Waals surface area contributed by atoms with E-state index in [9.17, 15) is 9.90 Å². The molecular weight excluding hydrogens is 284 g/mol. The Morgan fingerprint density at radius 1 is 1.36 bits per heavy atom. The van der Waals surface area contributed by atoms with Crippen LogP contribution in [-0.4, -0.2) is 33.1 Å². The Bertz CT molecular complexity index is 622. The van der Waals surface area contributed by atoms with E-state index >= 15 is 0 Å². The van der Waals surface area contributed by atoms with E-state index in [1.54, 1.807) is 7.05 Å². The molecule has 2 N–H and O–H groups in total. The standard InChI is InChI=1S/C15H20N4O3/c1-3-11-4-6-12(7-5-11)22-10-14-13(9-20)17-18-19(14)8-15(21)16-2/h4-7,20H,3,8-10H2,1-2H3,(H,16,21). The molecule has 22 heavy (non-hydrogen) atoms. The summed E-state index contributed by atoms with van der Waals surface area (Å²) in [5, 5.41) is 19.6. The monoisotopic (exact) mass is 304 g/mol. The molecule has 1 aromatic heterocycles. The van der Waals surface area contributed by atoms with Gasteiger partial charge in [0, 0.05) is 7.05 Å². The van der Waals surface area contributed by atoms with Gasteiger partial charge in [0.1, 0.15) is 30.3 Å². The van der Waals surface area contributed by atoms with Crippen molar-refractivity contribution in [2.24, 2.45) is 0 Å². The highest BCUT2D eigenvalue weighted by Crippen LogP contribution is 2.15. The van der Waals surface area contributed by atoms with Crippen molar-refractivity contribution in [2.45, 2.75) is 33.1 Å². The zero-order chi connectivity index (χ0) is 15.9. The third-order valence-electron chi connectivity index (χ3n) is 3.35. The molecule has 2 rings (SSSR count). The van der Waals surface area contributed by atoms with Crippen LogP contribution in [-0.2, 0) is 31.0 Å². The van der Waals surface area contributed by atoms with E-state index in [-0.39, 0.29) is 25.7 Å². The van der Waals surface area contributed by atoms with Crippen LogP contribution in [0, 0.1) is 0 Å². The number of ether oxygens (including phenoxy) is 1. The first-order valence-electron chi connectivity index (χ1n) is 7.12. The van der Waals surface area contributed by atoms with E-state index in [0.29, 0.717) is 17.1 Å². The van der Waals surface area contributed by atoms with Gasteiger partial charge in [0.05, 0.1) is 6.61 Å². The van der Waals surface area contributed by atoms with Gasteiger partial charge < -0.3 is 15.2 Å². The number of benzene rings is 1. The summed E-state index contributed by atoms with van der Waals surface area (Å²) in [6, 6.07) is 7.79. The summed E-state index contributed by atoms with van der Waals surface area (Å²) < 4.78 is 7.14. The molecule has 0 bridgehead atoms. The van der Waals surface area contributed by atoms with Crippen molar-refractivity contribution in [1.29, 1.82) is 0 Å². The van der Waals surface area contributed by atoms with E-state index in [1.165, 1.54) is 10.2 Å². The van der Waals surface area contributed by atoms with Crippen LogP contribution in [0.1, 0.15) is 23.9 Å². The SMILES string of the molecule is CCc1ccc(OCc2c(CO)nnn2CC(=O)NC)cc1. The lowest BCUT2D eigenvalue weighted by molar-refractivity contribution is -0.121. The summed E-state index contributed by atoms with van der Waals surface area (Å²) in [5.74, 6) is 0.525. The van der Waals surface area contributed by atoms with Gasteiger partial charge in [0.15, 0.2) is 0 Å². The zero-order valence-electron chi connectivity index (χ0n) is 12.7.